The lowest BCUT2D eigenvalue weighted by atomic mass is 10.3. The van der Waals surface area contributed by atoms with Crippen molar-refractivity contribution >= 4 is 38.9 Å². The molecule has 1 saturated heterocycles. The summed E-state index contributed by atoms with van der Waals surface area (Å²) in [6.45, 7) is 4.01. The zero-order chi connectivity index (χ0) is 14.6. The first-order valence-electron chi connectivity index (χ1n) is 6.35. The molecule has 2 rings (SSSR count). The molecule has 1 aromatic rings. The van der Waals surface area contributed by atoms with Crippen molar-refractivity contribution < 1.29 is 8.42 Å². The molecular weight excluding hydrogens is 321 g/mol. The zero-order valence-corrected chi connectivity index (χ0v) is 13.2. The largest absolute Gasteiger partial charge is 0.314 e. The van der Waals surface area contributed by atoms with Crippen LogP contribution in [0.1, 0.15) is 0 Å². The standard InChI is InChI=1S/C12H17Cl2N3O2S/c13-10-2-1-3-11(14)12(10)16-20(18,19)9-8-17-6-4-15-5-7-17/h1-3,15-16H,4-9H2. The molecule has 1 fully saturated rings. The molecule has 0 radical (unpaired) electrons. The number of hydrogen-bond acceptors (Lipinski definition) is 4. The molecule has 1 aliphatic heterocycles. The number of para-hydroxylation sites is 1. The molecule has 0 aromatic heterocycles. The van der Waals surface area contributed by atoms with Gasteiger partial charge in [-0.15, -0.1) is 0 Å². The van der Waals surface area contributed by atoms with Gasteiger partial charge < -0.3 is 5.32 Å². The summed E-state index contributed by atoms with van der Waals surface area (Å²) in [4.78, 5) is 2.12. The molecule has 112 valence electrons. The molecule has 1 aliphatic rings. The van der Waals surface area contributed by atoms with Crippen LogP contribution in [0.25, 0.3) is 0 Å². The third-order valence-electron chi connectivity index (χ3n) is 3.11. The number of halogens is 2. The maximum atomic E-state index is 12.1. The minimum Gasteiger partial charge on any atom is -0.314 e. The van der Waals surface area contributed by atoms with Crippen LogP contribution >= 0.6 is 23.2 Å². The normalized spacial score (nSPS) is 17.1. The second-order valence-corrected chi connectivity index (χ2v) is 7.27. The highest BCUT2D eigenvalue weighted by atomic mass is 35.5. The van der Waals surface area contributed by atoms with E-state index in [-0.39, 0.29) is 11.4 Å². The number of piperazine rings is 1. The van der Waals surface area contributed by atoms with Gasteiger partial charge in [0.15, 0.2) is 0 Å². The highest BCUT2D eigenvalue weighted by molar-refractivity contribution is 7.92. The summed E-state index contributed by atoms with van der Waals surface area (Å²) >= 11 is 11.9. The fourth-order valence-electron chi connectivity index (χ4n) is 1.99. The molecule has 0 spiro atoms. The second-order valence-electron chi connectivity index (χ2n) is 4.61. The van der Waals surface area contributed by atoms with E-state index >= 15 is 0 Å². The van der Waals surface area contributed by atoms with Crippen LogP contribution < -0.4 is 10.0 Å². The minimum absolute atomic E-state index is 0.0224. The van der Waals surface area contributed by atoms with Crippen LogP contribution in [0.2, 0.25) is 10.0 Å². The third-order valence-corrected chi connectivity index (χ3v) is 4.97. The third kappa shape index (κ3) is 4.49. The first-order chi connectivity index (χ1) is 9.48. The van der Waals surface area contributed by atoms with Crippen LogP contribution in [0.15, 0.2) is 18.2 Å². The number of sulfonamides is 1. The molecule has 0 unspecified atom stereocenters. The summed E-state index contributed by atoms with van der Waals surface area (Å²) in [6.07, 6.45) is 0. The van der Waals surface area contributed by atoms with Crippen molar-refractivity contribution in [3.8, 4) is 0 Å². The van der Waals surface area contributed by atoms with Gasteiger partial charge in [-0.3, -0.25) is 9.62 Å². The summed E-state index contributed by atoms with van der Waals surface area (Å²) in [7, 11) is -3.46. The number of anilines is 1. The van der Waals surface area contributed by atoms with Crippen LogP contribution in [-0.4, -0.2) is 51.8 Å². The van der Waals surface area contributed by atoms with Crippen molar-refractivity contribution in [1.82, 2.24) is 10.2 Å². The van der Waals surface area contributed by atoms with Gasteiger partial charge in [0.25, 0.3) is 0 Å². The molecule has 1 heterocycles. The van der Waals surface area contributed by atoms with Crippen LogP contribution in [0.3, 0.4) is 0 Å². The van der Waals surface area contributed by atoms with E-state index < -0.39 is 10.0 Å². The van der Waals surface area contributed by atoms with Crippen molar-refractivity contribution in [1.29, 1.82) is 0 Å². The molecule has 5 nitrogen and oxygen atoms in total. The van der Waals surface area contributed by atoms with Crippen molar-refractivity contribution in [3.05, 3.63) is 28.2 Å². The lowest BCUT2D eigenvalue weighted by Gasteiger charge is -2.27. The zero-order valence-electron chi connectivity index (χ0n) is 10.9. The Kier molecular flexibility index (Phi) is 5.51. The van der Waals surface area contributed by atoms with Gasteiger partial charge in [-0.2, -0.15) is 0 Å². The first-order valence-corrected chi connectivity index (χ1v) is 8.76. The lowest BCUT2D eigenvalue weighted by molar-refractivity contribution is 0.254. The Balaban J connectivity index is 1.96. The topological polar surface area (TPSA) is 61.4 Å². The van der Waals surface area contributed by atoms with Gasteiger partial charge in [-0.1, -0.05) is 29.3 Å². The van der Waals surface area contributed by atoms with E-state index in [1.54, 1.807) is 18.2 Å². The Labute approximate surface area is 129 Å². The van der Waals surface area contributed by atoms with Gasteiger partial charge in [0, 0.05) is 32.7 Å². The number of nitrogens with one attached hydrogen (secondary N) is 2. The number of hydrogen-bond donors (Lipinski definition) is 2. The van der Waals surface area contributed by atoms with Gasteiger partial charge in [0.05, 0.1) is 21.5 Å². The smallest absolute Gasteiger partial charge is 0.234 e. The van der Waals surface area contributed by atoms with Crippen molar-refractivity contribution in [2.45, 2.75) is 0 Å². The van der Waals surface area contributed by atoms with Crippen molar-refractivity contribution in [2.75, 3.05) is 43.2 Å². The molecule has 2 N–H and O–H groups in total. The van der Waals surface area contributed by atoms with Gasteiger partial charge in [0.2, 0.25) is 10.0 Å². The lowest BCUT2D eigenvalue weighted by Crippen LogP contribution is -2.45. The summed E-state index contributed by atoms with van der Waals surface area (Å²) in [5.41, 5.74) is 0.246. The summed E-state index contributed by atoms with van der Waals surface area (Å²) in [6, 6.07) is 4.87. The predicted octanol–water partition coefficient (Wildman–Crippen LogP) is 1.64. The van der Waals surface area contributed by atoms with Crippen molar-refractivity contribution in [2.24, 2.45) is 0 Å². The summed E-state index contributed by atoms with van der Waals surface area (Å²) in [5.74, 6) is 0.0224. The Bertz CT molecular complexity index is 540. The number of rotatable bonds is 5. The average Bonchev–Trinajstić information content (AvgIpc) is 2.42. The predicted molar refractivity (Wildman–Crippen MR) is 83.2 cm³/mol. The quantitative estimate of drug-likeness (QED) is 0.857. The van der Waals surface area contributed by atoms with E-state index in [9.17, 15) is 8.42 Å². The van der Waals surface area contributed by atoms with E-state index in [2.05, 4.69) is 14.9 Å². The Hall–Kier alpha value is -0.530. The second kappa shape index (κ2) is 6.95. The van der Waals surface area contributed by atoms with Gasteiger partial charge >= 0.3 is 0 Å². The summed E-state index contributed by atoms with van der Waals surface area (Å²) in [5, 5.41) is 3.81. The minimum atomic E-state index is -3.46. The van der Waals surface area contributed by atoms with Crippen LogP contribution in [-0.2, 0) is 10.0 Å². The Morgan fingerprint density at radius 3 is 2.40 bits per heavy atom. The molecule has 0 atom stereocenters. The van der Waals surface area contributed by atoms with E-state index in [1.807, 2.05) is 0 Å². The van der Waals surface area contributed by atoms with Crippen LogP contribution in [0, 0.1) is 0 Å². The molecule has 0 amide bonds. The van der Waals surface area contributed by atoms with E-state index in [1.165, 1.54) is 0 Å². The Morgan fingerprint density at radius 1 is 1.20 bits per heavy atom. The molecule has 0 aliphatic carbocycles. The molecular formula is C12H17Cl2N3O2S. The van der Waals surface area contributed by atoms with Gasteiger partial charge in [-0.25, -0.2) is 8.42 Å². The molecule has 20 heavy (non-hydrogen) atoms. The summed E-state index contributed by atoms with van der Waals surface area (Å²) < 4.78 is 26.6. The van der Waals surface area contributed by atoms with E-state index in [4.69, 9.17) is 23.2 Å². The van der Waals surface area contributed by atoms with E-state index in [0.29, 0.717) is 16.6 Å². The number of nitrogens with zero attached hydrogens (tertiary/aromatic N) is 1. The monoisotopic (exact) mass is 337 g/mol. The SMILES string of the molecule is O=S(=O)(CCN1CCNCC1)Nc1c(Cl)cccc1Cl. The molecule has 0 bridgehead atoms. The fraction of sp³-hybridized carbons (Fsp3) is 0.500. The highest BCUT2D eigenvalue weighted by Crippen LogP contribution is 2.30. The first kappa shape index (κ1) is 15.9. The van der Waals surface area contributed by atoms with Gasteiger partial charge in [0.1, 0.15) is 0 Å². The molecule has 1 aromatic carbocycles. The fourth-order valence-corrected chi connectivity index (χ4v) is 3.72. The average molecular weight is 338 g/mol. The van der Waals surface area contributed by atoms with Gasteiger partial charge in [-0.05, 0) is 12.1 Å². The number of benzene rings is 1. The maximum Gasteiger partial charge on any atom is 0.234 e. The van der Waals surface area contributed by atoms with Crippen LogP contribution in [0.4, 0.5) is 5.69 Å². The highest BCUT2D eigenvalue weighted by Gasteiger charge is 2.17. The van der Waals surface area contributed by atoms with E-state index in [0.717, 1.165) is 26.2 Å². The molecule has 8 heteroatoms. The van der Waals surface area contributed by atoms with Crippen molar-refractivity contribution in [3.63, 3.8) is 0 Å². The maximum absolute atomic E-state index is 12.1. The van der Waals surface area contributed by atoms with Crippen LogP contribution in [0.5, 0.6) is 0 Å². The molecule has 0 saturated carbocycles. The Morgan fingerprint density at radius 2 is 1.80 bits per heavy atom.